The summed E-state index contributed by atoms with van der Waals surface area (Å²) in [5.41, 5.74) is 0.675. The highest BCUT2D eigenvalue weighted by molar-refractivity contribution is 5.82. The van der Waals surface area contributed by atoms with Crippen molar-refractivity contribution in [2.45, 2.75) is 6.54 Å². The molecule has 82 valence electrons. The third-order valence-corrected chi connectivity index (χ3v) is 2.33. The first-order valence-electron chi connectivity index (χ1n) is 4.86. The predicted molar refractivity (Wildman–Crippen MR) is 51.6 cm³/mol. The highest BCUT2D eigenvalue weighted by Crippen LogP contribution is 2.06. The molecule has 2 N–H and O–H groups in total. The molecule has 0 saturated carbocycles. The highest BCUT2D eigenvalue weighted by atomic mass is 16.4. The number of carboxylic acid groups (broad SMARTS) is 1. The number of hydrogen-bond donors (Lipinski definition) is 2. The average molecular weight is 211 g/mol. The van der Waals surface area contributed by atoms with E-state index in [-0.39, 0.29) is 5.89 Å². The third kappa shape index (κ3) is 2.54. The van der Waals surface area contributed by atoms with E-state index in [2.05, 4.69) is 15.2 Å². The van der Waals surface area contributed by atoms with E-state index in [1.165, 1.54) is 6.26 Å². The van der Waals surface area contributed by atoms with Gasteiger partial charge < -0.3 is 14.8 Å². The molecule has 0 aromatic carbocycles. The molecule has 1 aromatic heterocycles. The number of nitrogens with zero attached hydrogens (tertiary/aromatic N) is 2. The fourth-order valence-corrected chi connectivity index (χ4v) is 1.58. The SMILES string of the molecule is O=C(O)c1nc(CN2CCNCC2)co1. The maximum atomic E-state index is 10.5. The van der Waals surface area contributed by atoms with Crippen LogP contribution in [0.2, 0.25) is 0 Å². The van der Waals surface area contributed by atoms with E-state index in [1.807, 2.05) is 0 Å². The van der Waals surface area contributed by atoms with Crippen molar-refractivity contribution < 1.29 is 14.3 Å². The molecule has 6 heteroatoms. The van der Waals surface area contributed by atoms with E-state index in [9.17, 15) is 4.79 Å². The van der Waals surface area contributed by atoms with Crippen molar-refractivity contribution in [2.75, 3.05) is 26.2 Å². The Kier molecular flexibility index (Phi) is 2.98. The molecule has 0 unspecified atom stereocenters. The Labute approximate surface area is 86.9 Å². The summed E-state index contributed by atoms with van der Waals surface area (Å²) in [7, 11) is 0. The van der Waals surface area contributed by atoms with Gasteiger partial charge in [-0.15, -0.1) is 0 Å². The number of nitrogens with one attached hydrogen (secondary N) is 1. The number of oxazole rings is 1. The van der Waals surface area contributed by atoms with Gasteiger partial charge in [-0.05, 0) is 0 Å². The lowest BCUT2D eigenvalue weighted by atomic mass is 10.3. The molecule has 0 spiro atoms. The van der Waals surface area contributed by atoms with E-state index in [0.29, 0.717) is 12.2 Å². The molecule has 2 rings (SSSR count). The topological polar surface area (TPSA) is 78.6 Å². The highest BCUT2D eigenvalue weighted by Gasteiger charge is 2.15. The van der Waals surface area contributed by atoms with Crippen LogP contribution < -0.4 is 5.32 Å². The van der Waals surface area contributed by atoms with Gasteiger partial charge in [-0.1, -0.05) is 0 Å². The van der Waals surface area contributed by atoms with Crippen LogP contribution in [-0.4, -0.2) is 47.1 Å². The van der Waals surface area contributed by atoms with Gasteiger partial charge in [-0.3, -0.25) is 4.90 Å². The molecular formula is C9H13N3O3. The van der Waals surface area contributed by atoms with Crippen LogP contribution in [-0.2, 0) is 6.54 Å². The third-order valence-electron chi connectivity index (χ3n) is 2.33. The second-order valence-electron chi connectivity index (χ2n) is 3.48. The first kappa shape index (κ1) is 10.1. The minimum absolute atomic E-state index is 0.236. The van der Waals surface area contributed by atoms with Crippen molar-refractivity contribution in [3.63, 3.8) is 0 Å². The second-order valence-corrected chi connectivity index (χ2v) is 3.48. The average Bonchev–Trinajstić information content (AvgIpc) is 2.68. The summed E-state index contributed by atoms with van der Waals surface area (Å²) in [6, 6.07) is 0. The van der Waals surface area contributed by atoms with Crippen LogP contribution in [0.25, 0.3) is 0 Å². The van der Waals surface area contributed by atoms with Crippen molar-refractivity contribution in [3.8, 4) is 0 Å². The summed E-state index contributed by atoms with van der Waals surface area (Å²) < 4.78 is 4.81. The minimum Gasteiger partial charge on any atom is -0.474 e. The van der Waals surface area contributed by atoms with Gasteiger partial charge in [-0.25, -0.2) is 9.78 Å². The molecule has 0 radical (unpaired) electrons. The molecule has 1 aliphatic heterocycles. The van der Waals surface area contributed by atoms with Crippen LogP contribution in [0, 0.1) is 0 Å². The summed E-state index contributed by atoms with van der Waals surface area (Å²) in [5.74, 6) is -1.36. The number of aromatic carboxylic acids is 1. The molecule has 0 atom stereocenters. The molecule has 1 saturated heterocycles. The fourth-order valence-electron chi connectivity index (χ4n) is 1.58. The van der Waals surface area contributed by atoms with Crippen LogP contribution in [0.15, 0.2) is 10.7 Å². The number of aromatic nitrogens is 1. The second kappa shape index (κ2) is 4.41. The van der Waals surface area contributed by atoms with Crippen LogP contribution in [0.5, 0.6) is 0 Å². The number of carboxylic acids is 1. The largest absolute Gasteiger partial charge is 0.474 e. The Morgan fingerprint density at radius 2 is 2.33 bits per heavy atom. The van der Waals surface area contributed by atoms with Crippen LogP contribution in [0.1, 0.15) is 16.4 Å². The predicted octanol–water partition coefficient (Wildman–Crippen LogP) is -0.222. The molecule has 15 heavy (non-hydrogen) atoms. The van der Waals surface area contributed by atoms with Crippen molar-refractivity contribution in [1.82, 2.24) is 15.2 Å². The zero-order valence-corrected chi connectivity index (χ0v) is 8.27. The van der Waals surface area contributed by atoms with Gasteiger partial charge in [-0.2, -0.15) is 0 Å². The number of hydrogen-bond acceptors (Lipinski definition) is 5. The number of piperazine rings is 1. The van der Waals surface area contributed by atoms with Crippen molar-refractivity contribution >= 4 is 5.97 Å². The van der Waals surface area contributed by atoms with E-state index in [4.69, 9.17) is 9.52 Å². The smallest absolute Gasteiger partial charge is 0.392 e. The molecule has 2 heterocycles. The quantitative estimate of drug-likeness (QED) is 0.719. The lowest BCUT2D eigenvalue weighted by molar-refractivity contribution is 0.0653. The van der Waals surface area contributed by atoms with Crippen LogP contribution in [0.3, 0.4) is 0 Å². The van der Waals surface area contributed by atoms with Crippen LogP contribution in [0.4, 0.5) is 0 Å². The van der Waals surface area contributed by atoms with Gasteiger partial charge >= 0.3 is 11.9 Å². The van der Waals surface area contributed by atoms with E-state index >= 15 is 0 Å². The summed E-state index contributed by atoms with van der Waals surface area (Å²) >= 11 is 0. The van der Waals surface area contributed by atoms with Crippen molar-refractivity contribution in [1.29, 1.82) is 0 Å². The summed E-state index contributed by atoms with van der Waals surface area (Å²) in [4.78, 5) is 16.6. The molecule has 0 aliphatic carbocycles. The Morgan fingerprint density at radius 3 is 2.93 bits per heavy atom. The van der Waals surface area contributed by atoms with E-state index in [0.717, 1.165) is 26.2 Å². The van der Waals surface area contributed by atoms with Gasteiger partial charge in [0, 0.05) is 32.7 Å². The molecule has 6 nitrogen and oxygen atoms in total. The Hall–Kier alpha value is -1.40. The molecular weight excluding hydrogens is 198 g/mol. The maximum absolute atomic E-state index is 10.5. The number of rotatable bonds is 3. The first-order valence-corrected chi connectivity index (χ1v) is 4.86. The zero-order chi connectivity index (χ0) is 10.7. The Balaban J connectivity index is 1.94. The zero-order valence-electron chi connectivity index (χ0n) is 8.27. The van der Waals surface area contributed by atoms with Gasteiger partial charge in [0.1, 0.15) is 6.26 Å². The van der Waals surface area contributed by atoms with Crippen molar-refractivity contribution in [3.05, 3.63) is 17.8 Å². The first-order chi connectivity index (χ1) is 7.25. The van der Waals surface area contributed by atoms with Gasteiger partial charge in [0.25, 0.3) is 0 Å². The Bertz CT molecular complexity index is 344. The van der Waals surface area contributed by atoms with Gasteiger partial charge in [0.05, 0.1) is 5.69 Å². The minimum atomic E-state index is -1.12. The van der Waals surface area contributed by atoms with Crippen molar-refractivity contribution in [2.24, 2.45) is 0 Å². The molecule has 1 fully saturated rings. The van der Waals surface area contributed by atoms with Gasteiger partial charge in [0.2, 0.25) is 0 Å². The van der Waals surface area contributed by atoms with Gasteiger partial charge in [0.15, 0.2) is 0 Å². The summed E-state index contributed by atoms with van der Waals surface area (Å²) in [6.45, 7) is 4.48. The van der Waals surface area contributed by atoms with E-state index in [1.54, 1.807) is 0 Å². The molecule has 0 bridgehead atoms. The summed E-state index contributed by atoms with van der Waals surface area (Å²) in [5, 5.41) is 11.9. The normalized spacial score (nSPS) is 17.9. The molecule has 1 aliphatic rings. The maximum Gasteiger partial charge on any atom is 0.392 e. The molecule has 0 amide bonds. The van der Waals surface area contributed by atoms with Crippen LogP contribution >= 0.6 is 0 Å². The monoisotopic (exact) mass is 211 g/mol. The molecule has 1 aromatic rings. The standard InChI is InChI=1S/C9H13N3O3/c13-9(14)8-11-7(6-15-8)5-12-3-1-10-2-4-12/h6,10H,1-5H2,(H,13,14). The number of carbonyl (C=O) groups is 1. The summed E-state index contributed by atoms with van der Waals surface area (Å²) in [6.07, 6.45) is 1.41. The lowest BCUT2D eigenvalue weighted by Crippen LogP contribution is -2.42. The lowest BCUT2D eigenvalue weighted by Gasteiger charge is -2.25. The fraction of sp³-hybridized carbons (Fsp3) is 0.556. The Morgan fingerprint density at radius 1 is 1.60 bits per heavy atom. The van der Waals surface area contributed by atoms with E-state index < -0.39 is 5.97 Å².